The minimum absolute atomic E-state index is 0.00560. The fraction of sp³-hybridized carbons (Fsp3) is 0.947. The van der Waals surface area contributed by atoms with Crippen molar-refractivity contribution in [3.05, 3.63) is 0 Å². The Hall–Kier alpha value is -0.650. The Kier molecular flexibility index (Phi) is 12.6. The summed E-state index contributed by atoms with van der Waals surface area (Å²) in [5.41, 5.74) is 5.24. The lowest BCUT2D eigenvalue weighted by atomic mass is 9.99. The van der Waals surface area contributed by atoms with Crippen LogP contribution in [0, 0.1) is 5.41 Å². The van der Waals surface area contributed by atoms with Gasteiger partial charge in [-0.05, 0) is 58.9 Å². The zero-order chi connectivity index (χ0) is 19.4. The monoisotopic (exact) mass is 346 g/mol. The summed E-state index contributed by atoms with van der Waals surface area (Å²) in [4.78, 5) is 11.8. The van der Waals surface area contributed by atoms with Gasteiger partial charge in [-0.1, -0.05) is 27.7 Å². The Balaban J connectivity index is 0. The standard InChI is InChI=1S/C14H30N2O3.C5H12/c1-13(2,8-10-17)16-12(18)6-7-14(3,4)19-11-5-9-15;1-5(2,3)4/h17H,5-11,15H2,1-4H3,(H,16,18);1-4H3. The van der Waals surface area contributed by atoms with Crippen LogP contribution in [0.4, 0.5) is 0 Å². The first-order chi connectivity index (χ1) is 10.7. The molecule has 1 amide bonds. The predicted octanol–water partition coefficient (Wildman–Crippen LogP) is 3.24. The Labute approximate surface area is 149 Å². The number of nitrogens with one attached hydrogen (secondary N) is 1. The quantitative estimate of drug-likeness (QED) is 0.530. The summed E-state index contributed by atoms with van der Waals surface area (Å²) in [6.07, 6.45) is 2.47. The van der Waals surface area contributed by atoms with Gasteiger partial charge in [0.25, 0.3) is 0 Å². The molecule has 0 saturated heterocycles. The van der Waals surface area contributed by atoms with Crippen molar-refractivity contribution in [2.24, 2.45) is 11.1 Å². The van der Waals surface area contributed by atoms with E-state index in [4.69, 9.17) is 15.6 Å². The van der Waals surface area contributed by atoms with Gasteiger partial charge in [0, 0.05) is 25.2 Å². The van der Waals surface area contributed by atoms with Gasteiger partial charge in [-0.15, -0.1) is 0 Å². The third-order valence-corrected chi connectivity index (χ3v) is 3.01. The second-order valence-corrected chi connectivity index (χ2v) is 9.16. The molecule has 0 aromatic carbocycles. The minimum atomic E-state index is -0.365. The van der Waals surface area contributed by atoms with Crippen LogP contribution in [0.2, 0.25) is 0 Å². The number of ether oxygens (including phenoxy) is 1. The molecule has 0 atom stereocenters. The van der Waals surface area contributed by atoms with Crippen molar-refractivity contribution in [3.63, 3.8) is 0 Å². The smallest absolute Gasteiger partial charge is 0.220 e. The predicted molar refractivity (Wildman–Crippen MR) is 102 cm³/mol. The van der Waals surface area contributed by atoms with Crippen molar-refractivity contribution in [2.45, 2.75) is 92.2 Å². The molecule has 5 nitrogen and oxygen atoms in total. The van der Waals surface area contributed by atoms with E-state index < -0.39 is 0 Å². The van der Waals surface area contributed by atoms with Crippen LogP contribution in [-0.2, 0) is 9.53 Å². The molecular weight excluding hydrogens is 304 g/mol. The normalized spacial score (nSPS) is 12.4. The maximum Gasteiger partial charge on any atom is 0.220 e. The van der Waals surface area contributed by atoms with Gasteiger partial charge in [0.1, 0.15) is 0 Å². The molecule has 0 fully saturated rings. The van der Waals surface area contributed by atoms with Gasteiger partial charge >= 0.3 is 0 Å². The maximum absolute atomic E-state index is 11.8. The maximum atomic E-state index is 11.8. The van der Waals surface area contributed by atoms with E-state index in [0.29, 0.717) is 37.8 Å². The molecule has 0 bridgehead atoms. The van der Waals surface area contributed by atoms with Gasteiger partial charge in [0.2, 0.25) is 5.91 Å². The summed E-state index contributed by atoms with van der Waals surface area (Å²) in [5, 5.41) is 11.8. The number of carbonyl (C=O) groups is 1. The Morgan fingerprint density at radius 2 is 1.54 bits per heavy atom. The molecule has 0 aliphatic carbocycles. The second-order valence-electron chi connectivity index (χ2n) is 9.16. The van der Waals surface area contributed by atoms with Crippen LogP contribution < -0.4 is 11.1 Å². The average Bonchev–Trinajstić information content (AvgIpc) is 2.34. The highest BCUT2D eigenvalue weighted by atomic mass is 16.5. The Morgan fingerprint density at radius 3 is 1.96 bits per heavy atom. The van der Waals surface area contributed by atoms with E-state index >= 15 is 0 Å². The first kappa shape index (κ1) is 25.6. The molecule has 0 rings (SSSR count). The Bertz CT molecular complexity index is 328. The molecule has 0 saturated carbocycles. The number of rotatable bonds is 10. The van der Waals surface area contributed by atoms with Crippen molar-refractivity contribution in [2.75, 3.05) is 19.8 Å². The molecule has 0 unspecified atom stereocenters. The van der Waals surface area contributed by atoms with E-state index in [9.17, 15) is 4.79 Å². The third-order valence-electron chi connectivity index (χ3n) is 3.01. The average molecular weight is 347 g/mol. The van der Waals surface area contributed by atoms with E-state index in [-0.39, 0.29) is 23.7 Å². The largest absolute Gasteiger partial charge is 0.396 e. The van der Waals surface area contributed by atoms with Gasteiger partial charge in [-0.25, -0.2) is 0 Å². The van der Waals surface area contributed by atoms with Crippen molar-refractivity contribution in [1.82, 2.24) is 5.32 Å². The highest BCUT2D eigenvalue weighted by Crippen LogP contribution is 2.17. The third kappa shape index (κ3) is 21.4. The summed E-state index contributed by atoms with van der Waals surface area (Å²) in [6, 6.07) is 0. The molecule has 5 heteroatoms. The zero-order valence-electron chi connectivity index (χ0n) is 17.3. The highest BCUT2D eigenvalue weighted by Gasteiger charge is 2.23. The van der Waals surface area contributed by atoms with Crippen LogP contribution >= 0.6 is 0 Å². The topological polar surface area (TPSA) is 84.6 Å². The van der Waals surface area contributed by atoms with E-state index in [1.165, 1.54) is 0 Å². The summed E-state index contributed by atoms with van der Waals surface area (Å²) >= 11 is 0. The van der Waals surface area contributed by atoms with Crippen LogP contribution in [0.25, 0.3) is 0 Å². The molecule has 0 aliphatic rings. The summed E-state index contributed by atoms with van der Waals surface area (Å²) in [5.74, 6) is -0.00560. The molecule has 24 heavy (non-hydrogen) atoms. The number of aliphatic hydroxyl groups is 1. The fourth-order valence-electron chi connectivity index (χ4n) is 1.70. The lowest BCUT2D eigenvalue weighted by Gasteiger charge is -2.28. The number of amides is 1. The van der Waals surface area contributed by atoms with Crippen LogP contribution in [-0.4, -0.2) is 41.9 Å². The van der Waals surface area contributed by atoms with Crippen LogP contribution in [0.1, 0.15) is 81.1 Å². The van der Waals surface area contributed by atoms with Gasteiger partial charge < -0.3 is 20.9 Å². The lowest BCUT2D eigenvalue weighted by molar-refractivity contribution is -0.124. The molecule has 0 radical (unpaired) electrons. The first-order valence-corrected chi connectivity index (χ1v) is 8.98. The number of aliphatic hydroxyl groups excluding tert-OH is 1. The molecule has 4 N–H and O–H groups in total. The summed E-state index contributed by atoms with van der Waals surface area (Å²) in [7, 11) is 0. The van der Waals surface area contributed by atoms with Gasteiger partial charge in [-0.3, -0.25) is 4.79 Å². The second kappa shape index (κ2) is 11.8. The number of carbonyl (C=O) groups excluding carboxylic acids is 1. The van der Waals surface area contributed by atoms with Crippen LogP contribution in [0.5, 0.6) is 0 Å². The lowest BCUT2D eigenvalue weighted by Crippen LogP contribution is -2.44. The van der Waals surface area contributed by atoms with Crippen LogP contribution in [0.3, 0.4) is 0 Å². The van der Waals surface area contributed by atoms with Crippen molar-refractivity contribution >= 4 is 5.91 Å². The minimum Gasteiger partial charge on any atom is -0.396 e. The van der Waals surface area contributed by atoms with E-state index in [1.54, 1.807) is 0 Å². The summed E-state index contributed by atoms with van der Waals surface area (Å²) in [6.45, 7) is 17.8. The molecule has 146 valence electrons. The Morgan fingerprint density at radius 1 is 1.04 bits per heavy atom. The van der Waals surface area contributed by atoms with E-state index in [2.05, 4.69) is 33.0 Å². The van der Waals surface area contributed by atoms with Gasteiger partial charge in [-0.2, -0.15) is 0 Å². The van der Waals surface area contributed by atoms with Gasteiger partial charge in [0.05, 0.1) is 5.60 Å². The van der Waals surface area contributed by atoms with Crippen molar-refractivity contribution < 1.29 is 14.6 Å². The van der Waals surface area contributed by atoms with Crippen molar-refractivity contribution in [3.8, 4) is 0 Å². The fourth-order valence-corrected chi connectivity index (χ4v) is 1.70. The number of hydrogen-bond donors (Lipinski definition) is 3. The number of hydrogen-bond acceptors (Lipinski definition) is 4. The highest BCUT2D eigenvalue weighted by molar-refractivity contribution is 5.76. The molecule has 0 spiro atoms. The first-order valence-electron chi connectivity index (χ1n) is 8.98. The van der Waals surface area contributed by atoms with Crippen molar-refractivity contribution in [1.29, 1.82) is 0 Å². The molecule has 0 heterocycles. The molecule has 0 aromatic rings. The van der Waals surface area contributed by atoms with E-state index in [1.807, 2.05) is 27.7 Å². The van der Waals surface area contributed by atoms with E-state index in [0.717, 1.165) is 6.42 Å². The zero-order valence-corrected chi connectivity index (χ0v) is 17.3. The number of nitrogens with two attached hydrogens (primary N) is 1. The molecular formula is C19H42N2O3. The SMILES string of the molecule is CC(C)(C)C.CC(C)(CCO)NC(=O)CCC(C)(C)OCCCN. The molecule has 0 aliphatic heterocycles. The summed E-state index contributed by atoms with van der Waals surface area (Å²) < 4.78 is 5.70. The van der Waals surface area contributed by atoms with Gasteiger partial charge in [0.15, 0.2) is 0 Å². The van der Waals surface area contributed by atoms with Crippen LogP contribution in [0.15, 0.2) is 0 Å². The molecule has 0 aromatic heterocycles.